The molecule has 0 aliphatic heterocycles. The molecule has 4 heteroatoms. The Labute approximate surface area is 93.7 Å². The van der Waals surface area contributed by atoms with Gasteiger partial charge in [-0.3, -0.25) is 0 Å². The summed E-state index contributed by atoms with van der Waals surface area (Å²) in [6.45, 7) is 1.87. The van der Waals surface area contributed by atoms with Crippen molar-refractivity contribution in [3.63, 3.8) is 0 Å². The molecule has 3 nitrogen and oxygen atoms in total. The van der Waals surface area contributed by atoms with E-state index in [1.54, 1.807) is 29.1 Å². The number of halogens is 1. The van der Waals surface area contributed by atoms with E-state index in [0.717, 1.165) is 5.56 Å². The van der Waals surface area contributed by atoms with E-state index < -0.39 is 0 Å². The number of hydrogen-bond donors (Lipinski definition) is 1. The van der Waals surface area contributed by atoms with Crippen LogP contribution >= 0.6 is 0 Å². The molecule has 0 radical (unpaired) electrons. The third-order valence-corrected chi connectivity index (χ3v) is 2.58. The lowest BCUT2D eigenvalue weighted by Gasteiger charge is -2.09. The standard InChI is InChI=1S/C12H14FN3/c1-8(14)9-3-4-11(13)10(7-9)12-15-5-6-16(12)2/h3-8H,14H2,1-2H3. The molecule has 1 unspecified atom stereocenters. The van der Waals surface area contributed by atoms with Gasteiger partial charge in [0.1, 0.15) is 11.6 Å². The zero-order valence-electron chi connectivity index (χ0n) is 9.31. The maximum absolute atomic E-state index is 13.7. The fraction of sp³-hybridized carbons (Fsp3) is 0.250. The molecule has 84 valence electrons. The second-order valence-corrected chi connectivity index (χ2v) is 3.89. The van der Waals surface area contributed by atoms with Crippen LogP contribution in [-0.2, 0) is 7.05 Å². The lowest BCUT2D eigenvalue weighted by molar-refractivity contribution is 0.627. The third kappa shape index (κ3) is 1.84. The summed E-state index contributed by atoms with van der Waals surface area (Å²) in [4.78, 5) is 4.13. The molecule has 1 heterocycles. The molecule has 2 N–H and O–H groups in total. The van der Waals surface area contributed by atoms with E-state index in [4.69, 9.17) is 5.73 Å². The summed E-state index contributed by atoms with van der Waals surface area (Å²) in [6.07, 6.45) is 3.43. The van der Waals surface area contributed by atoms with Crippen molar-refractivity contribution in [1.29, 1.82) is 0 Å². The molecule has 16 heavy (non-hydrogen) atoms. The van der Waals surface area contributed by atoms with Gasteiger partial charge in [-0.15, -0.1) is 0 Å². The van der Waals surface area contributed by atoms with E-state index in [1.807, 2.05) is 14.0 Å². The van der Waals surface area contributed by atoms with Crippen LogP contribution in [0, 0.1) is 5.82 Å². The van der Waals surface area contributed by atoms with E-state index in [9.17, 15) is 4.39 Å². The van der Waals surface area contributed by atoms with Crippen LogP contribution in [-0.4, -0.2) is 9.55 Å². The Morgan fingerprint density at radius 1 is 1.44 bits per heavy atom. The Bertz CT molecular complexity index is 503. The van der Waals surface area contributed by atoms with E-state index in [0.29, 0.717) is 11.4 Å². The van der Waals surface area contributed by atoms with E-state index in [1.165, 1.54) is 6.07 Å². The van der Waals surface area contributed by atoms with Crippen LogP contribution in [0.5, 0.6) is 0 Å². The average Bonchev–Trinajstić information content (AvgIpc) is 2.65. The first-order valence-corrected chi connectivity index (χ1v) is 5.12. The lowest BCUT2D eigenvalue weighted by atomic mass is 10.0. The smallest absolute Gasteiger partial charge is 0.142 e. The fourth-order valence-corrected chi connectivity index (χ4v) is 1.62. The molecule has 2 aromatic rings. The summed E-state index contributed by atoms with van der Waals surface area (Å²) in [7, 11) is 1.83. The van der Waals surface area contributed by atoms with Crippen molar-refractivity contribution in [3.05, 3.63) is 42.0 Å². The Kier molecular flexibility index (Phi) is 2.75. The number of nitrogens with two attached hydrogens (primary N) is 1. The molecule has 0 saturated heterocycles. The highest BCUT2D eigenvalue weighted by atomic mass is 19.1. The molecule has 0 fully saturated rings. The van der Waals surface area contributed by atoms with Crippen molar-refractivity contribution in [2.75, 3.05) is 0 Å². The average molecular weight is 219 g/mol. The van der Waals surface area contributed by atoms with Crippen LogP contribution in [0.15, 0.2) is 30.6 Å². The zero-order chi connectivity index (χ0) is 11.7. The largest absolute Gasteiger partial charge is 0.334 e. The minimum atomic E-state index is -0.279. The second-order valence-electron chi connectivity index (χ2n) is 3.89. The monoisotopic (exact) mass is 219 g/mol. The topological polar surface area (TPSA) is 43.8 Å². The first kappa shape index (κ1) is 10.8. The van der Waals surface area contributed by atoms with E-state index >= 15 is 0 Å². The normalized spacial score (nSPS) is 12.8. The molecule has 0 spiro atoms. The number of nitrogens with zero attached hydrogens (tertiary/aromatic N) is 2. The number of aromatic nitrogens is 2. The summed E-state index contributed by atoms with van der Waals surface area (Å²) in [6, 6.07) is 4.77. The summed E-state index contributed by atoms with van der Waals surface area (Å²) >= 11 is 0. The number of imidazole rings is 1. The van der Waals surface area contributed by atoms with Gasteiger partial charge in [0.15, 0.2) is 0 Å². The van der Waals surface area contributed by atoms with Gasteiger partial charge in [-0.2, -0.15) is 0 Å². The predicted molar refractivity (Wildman–Crippen MR) is 61.2 cm³/mol. The summed E-state index contributed by atoms with van der Waals surface area (Å²) in [5, 5.41) is 0. The van der Waals surface area contributed by atoms with Gasteiger partial charge in [0.05, 0.1) is 5.56 Å². The number of aryl methyl sites for hydroxylation is 1. The van der Waals surface area contributed by atoms with Crippen LogP contribution < -0.4 is 5.73 Å². The SMILES string of the molecule is CC(N)c1ccc(F)c(-c2nccn2C)c1. The molecule has 1 aromatic heterocycles. The van der Waals surface area contributed by atoms with E-state index in [-0.39, 0.29) is 11.9 Å². The van der Waals surface area contributed by atoms with Gasteiger partial charge < -0.3 is 10.3 Å². The highest BCUT2D eigenvalue weighted by Crippen LogP contribution is 2.24. The van der Waals surface area contributed by atoms with Crippen molar-refractivity contribution in [1.82, 2.24) is 9.55 Å². The van der Waals surface area contributed by atoms with Crippen LogP contribution in [0.3, 0.4) is 0 Å². The highest BCUT2D eigenvalue weighted by Gasteiger charge is 2.11. The molecule has 2 rings (SSSR count). The van der Waals surface area contributed by atoms with Gasteiger partial charge in [0, 0.05) is 25.5 Å². The van der Waals surface area contributed by atoms with Crippen LogP contribution in [0.4, 0.5) is 4.39 Å². The number of rotatable bonds is 2. The first-order valence-electron chi connectivity index (χ1n) is 5.12. The van der Waals surface area contributed by atoms with Gasteiger partial charge in [-0.1, -0.05) is 6.07 Å². The summed E-state index contributed by atoms with van der Waals surface area (Å²) < 4.78 is 15.5. The van der Waals surface area contributed by atoms with Crippen LogP contribution in [0.2, 0.25) is 0 Å². The van der Waals surface area contributed by atoms with Gasteiger partial charge in [0.25, 0.3) is 0 Å². The fourth-order valence-electron chi connectivity index (χ4n) is 1.62. The van der Waals surface area contributed by atoms with Crippen molar-refractivity contribution in [3.8, 4) is 11.4 Å². The van der Waals surface area contributed by atoms with E-state index in [2.05, 4.69) is 4.98 Å². The number of benzene rings is 1. The maximum Gasteiger partial charge on any atom is 0.142 e. The van der Waals surface area contributed by atoms with Gasteiger partial charge in [0.2, 0.25) is 0 Å². The quantitative estimate of drug-likeness (QED) is 0.841. The molecule has 1 aromatic carbocycles. The molecule has 0 bridgehead atoms. The van der Waals surface area contributed by atoms with Crippen molar-refractivity contribution in [2.45, 2.75) is 13.0 Å². The maximum atomic E-state index is 13.7. The molecule has 0 amide bonds. The zero-order valence-corrected chi connectivity index (χ0v) is 9.31. The van der Waals surface area contributed by atoms with Crippen molar-refractivity contribution < 1.29 is 4.39 Å². The molecule has 0 saturated carbocycles. The first-order chi connectivity index (χ1) is 7.59. The minimum Gasteiger partial charge on any atom is -0.334 e. The Hall–Kier alpha value is -1.68. The molecule has 1 atom stereocenters. The van der Waals surface area contributed by atoms with Crippen LogP contribution in [0.25, 0.3) is 11.4 Å². The Morgan fingerprint density at radius 3 is 2.75 bits per heavy atom. The molecule has 0 aliphatic carbocycles. The summed E-state index contributed by atoms with van der Waals surface area (Å²) in [5.41, 5.74) is 7.16. The predicted octanol–water partition coefficient (Wildman–Crippen LogP) is 2.25. The van der Waals surface area contributed by atoms with Crippen LogP contribution in [0.1, 0.15) is 18.5 Å². The molecular weight excluding hydrogens is 205 g/mol. The molecular formula is C12H14FN3. The van der Waals surface area contributed by atoms with Gasteiger partial charge in [-0.05, 0) is 24.6 Å². The van der Waals surface area contributed by atoms with Crippen molar-refractivity contribution in [2.24, 2.45) is 12.8 Å². The highest BCUT2D eigenvalue weighted by molar-refractivity contribution is 5.58. The minimum absolute atomic E-state index is 0.111. The molecule has 0 aliphatic rings. The van der Waals surface area contributed by atoms with Gasteiger partial charge >= 0.3 is 0 Å². The second kappa shape index (κ2) is 4.06. The van der Waals surface area contributed by atoms with Gasteiger partial charge in [-0.25, -0.2) is 9.37 Å². The third-order valence-electron chi connectivity index (χ3n) is 2.58. The number of hydrogen-bond acceptors (Lipinski definition) is 2. The Balaban J connectivity index is 2.56. The lowest BCUT2D eigenvalue weighted by Crippen LogP contribution is -2.06. The summed E-state index contributed by atoms with van der Waals surface area (Å²) in [5.74, 6) is 0.332. The van der Waals surface area contributed by atoms with Crippen molar-refractivity contribution >= 4 is 0 Å². The Morgan fingerprint density at radius 2 is 2.19 bits per heavy atom.